The fraction of sp³-hybridized carbons (Fsp3) is 0.143. The molecule has 1 nitrogen and oxygen atoms in total. The zero-order valence-corrected chi connectivity index (χ0v) is 12.9. The Bertz CT molecular complexity index is 590. The Kier molecular flexibility index (Phi) is 5.08. The van der Waals surface area contributed by atoms with E-state index in [0.29, 0.717) is 26.7 Å². The van der Waals surface area contributed by atoms with E-state index in [1.807, 2.05) is 12.1 Å². The largest absolute Gasteiger partial charge is 0.487 e. The van der Waals surface area contributed by atoms with Gasteiger partial charge in [-0.3, -0.25) is 0 Å². The lowest BCUT2D eigenvalue weighted by Gasteiger charge is -2.12. The molecule has 0 atom stereocenters. The number of halogens is 4. The van der Waals surface area contributed by atoms with Crippen LogP contribution >= 0.6 is 39.1 Å². The Morgan fingerprint density at radius 1 is 1.05 bits per heavy atom. The van der Waals surface area contributed by atoms with Gasteiger partial charge in [-0.25, -0.2) is 4.39 Å². The molecule has 0 spiro atoms. The van der Waals surface area contributed by atoms with Crippen molar-refractivity contribution in [3.8, 4) is 5.75 Å². The van der Waals surface area contributed by atoms with Crippen LogP contribution in [0, 0.1) is 5.82 Å². The predicted octanol–water partition coefficient (Wildman–Crippen LogP) is 5.61. The molecule has 2 aromatic carbocycles. The lowest BCUT2D eigenvalue weighted by Crippen LogP contribution is -1.99. The number of benzene rings is 2. The van der Waals surface area contributed by atoms with Crippen LogP contribution < -0.4 is 4.74 Å². The summed E-state index contributed by atoms with van der Waals surface area (Å²) in [5, 5.41) is 1.52. The summed E-state index contributed by atoms with van der Waals surface area (Å²) in [5.41, 5.74) is 1.66. The standard InChI is InChI=1S/C14H10BrCl2FO/c15-7-9-2-1-3-12(16)14(9)19-8-10-4-5-11(18)6-13(10)17/h1-6H,7-8H2. The van der Waals surface area contributed by atoms with Crippen LogP contribution in [0.2, 0.25) is 10.0 Å². The minimum Gasteiger partial charge on any atom is -0.487 e. The van der Waals surface area contributed by atoms with Gasteiger partial charge in [0, 0.05) is 16.5 Å². The molecular formula is C14H10BrCl2FO. The molecule has 0 fully saturated rings. The molecule has 0 bridgehead atoms. The Morgan fingerprint density at radius 2 is 1.84 bits per heavy atom. The topological polar surface area (TPSA) is 9.23 Å². The molecule has 0 aromatic heterocycles. The number of para-hydroxylation sites is 1. The third-order valence-electron chi connectivity index (χ3n) is 2.58. The van der Waals surface area contributed by atoms with E-state index in [2.05, 4.69) is 15.9 Å². The summed E-state index contributed by atoms with van der Waals surface area (Å²) < 4.78 is 18.6. The monoisotopic (exact) mass is 362 g/mol. The number of ether oxygens (including phenoxy) is 1. The zero-order valence-electron chi connectivity index (χ0n) is 9.80. The van der Waals surface area contributed by atoms with Gasteiger partial charge in [0.1, 0.15) is 18.2 Å². The van der Waals surface area contributed by atoms with Gasteiger partial charge in [0.05, 0.1) is 10.0 Å². The number of rotatable bonds is 4. The molecule has 0 unspecified atom stereocenters. The summed E-state index contributed by atoms with van der Waals surface area (Å²) >= 11 is 15.4. The molecule has 0 heterocycles. The highest BCUT2D eigenvalue weighted by Gasteiger charge is 2.09. The maximum absolute atomic E-state index is 12.9. The first kappa shape index (κ1) is 14.6. The van der Waals surface area contributed by atoms with E-state index in [9.17, 15) is 4.39 Å². The normalized spacial score (nSPS) is 10.5. The van der Waals surface area contributed by atoms with Crippen LogP contribution in [0.25, 0.3) is 0 Å². The van der Waals surface area contributed by atoms with Crippen LogP contribution in [0.1, 0.15) is 11.1 Å². The van der Waals surface area contributed by atoms with Crippen molar-refractivity contribution in [2.45, 2.75) is 11.9 Å². The van der Waals surface area contributed by atoms with Crippen molar-refractivity contribution in [1.82, 2.24) is 0 Å². The minimum atomic E-state index is -0.368. The average Bonchev–Trinajstić information content (AvgIpc) is 2.39. The number of alkyl halides is 1. The summed E-state index contributed by atoms with van der Waals surface area (Å²) in [6, 6.07) is 9.75. The van der Waals surface area contributed by atoms with Crippen LogP contribution in [0.4, 0.5) is 4.39 Å². The summed E-state index contributed by atoms with van der Waals surface area (Å²) in [7, 11) is 0. The van der Waals surface area contributed by atoms with Crippen molar-refractivity contribution in [3.63, 3.8) is 0 Å². The molecular weight excluding hydrogens is 354 g/mol. The molecule has 100 valence electrons. The molecule has 2 rings (SSSR count). The average molecular weight is 364 g/mol. The van der Waals surface area contributed by atoms with Crippen LogP contribution in [0.15, 0.2) is 36.4 Å². The van der Waals surface area contributed by atoms with Crippen molar-refractivity contribution in [2.75, 3.05) is 0 Å². The van der Waals surface area contributed by atoms with Crippen LogP contribution in [-0.2, 0) is 11.9 Å². The van der Waals surface area contributed by atoms with E-state index in [0.717, 1.165) is 5.56 Å². The smallest absolute Gasteiger partial charge is 0.142 e. The molecule has 0 aliphatic rings. The van der Waals surface area contributed by atoms with Gasteiger partial charge in [0.25, 0.3) is 0 Å². The van der Waals surface area contributed by atoms with Gasteiger partial charge in [-0.15, -0.1) is 0 Å². The van der Waals surface area contributed by atoms with E-state index in [4.69, 9.17) is 27.9 Å². The fourth-order valence-corrected chi connectivity index (χ4v) is 2.52. The van der Waals surface area contributed by atoms with E-state index in [1.54, 1.807) is 12.1 Å². The second-order valence-corrected chi connectivity index (χ2v) is 5.26. The maximum Gasteiger partial charge on any atom is 0.142 e. The van der Waals surface area contributed by atoms with Gasteiger partial charge in [-0.2, -0.15) is 0 Å². The minimum absolute atomic E-state index is 0.239. The molecule has 0 aliphatic heterocycles. The lowest BCUT2D eigenvalue weighted by atomic mass is 10.2. The summed E-state index contributed by atoms with van der Waals surface area (Å²) in [4.78, 5) is 0. The van der Waals surface area contributed by atoms with Crippen molar-refractivity contribution in [3.05, 3.63) is 63.4 Å². The summed E-state index contributed by atoms with van der Waals surface area (Å²) in [6.45, 7) is 0.239. The first-order chi connectivity index (χ1) is 9.11. The van der Waals surface area contributed by atoms with Crippen LogP contribution in [0.5, 0.6) is 5.75 Å². The van der Waals surface area contributed by atoms with Crippen LogP contribution in [0.3, 0.4) is 0 Å². The third-order valence-corrected chi connectivity index (χ3v) is 3.83. The Labute approximate surface area is 129 Å². The fourth-order valence-electron chi connectivity index (χ4n) is 1.61. The molecule has 0 saturated carbocycles. The maximum atomic E-state index is 12.9. The van der Waals surface area contributed by atoms with Crippen LogP contribution in [-0.4, -0.2) is 0 Å². The molecule has 0 N–H and O–H groups in total. The second-order valence-electron chi connectivity index (χ2n) is 3.89. The van der Waals surface area contributed by atoms with E-state index < -0.39 is 0 Å². The number of hydrogen-bond donors (Lipinski definition) is 0. The van der Waals surface area contributed by atoms with Gasteiger partial charge in [0.2, 0.25) is 0 Å². The molecule has 0 radical (unpaired) electrons. The molecule has 0 saturated heterocycles. The van der Waals surface area contributed by atoms with Crippen molar-refractivity contribution < 1.29 is 9.13 Å². The quantitative estimate of drug-likeness (QED) is 0.642. The lowest BCUT2D eigenvalue weighted by molar-refractivity contribution is 0.304. The Morgan fingerprint density at radius 3 is 2.53 bits per heavy atom. The summed E-state index contributed by atoms with van der Waals surface area (Å²) in [6.07, 6.45) is 0. The molecule has 0 amide bonds. The van der Waals surface area contributed by atoms with Crippen molar-refractivity contribution in [2.24, 2.45) is 0 Å². The van der Waals surface area contributed by atoms with Gasteiger partial charge in [0.15, 0.2) is 0 Å². The van der Waals surface area contributed by atoms with Gasteiger partial charge < -0.3 is 4.74 Å². The number of hydrogen-bond acceptors (Lipinski definition) is 1. The Balaban J connectivity index is 2.19. The van der Waals surface area contributed by atoms with Gasteiger partial charge in [-0.05, 0) is 18.2 Å². The zero-order chi connectivity index (χ0) is 13.8. The highest BCUT2D eigenvalue weighted by Crippen LogP contribution is 2.31. The second kappa shape index (κ2) is 6.60. The highest BCUT2D eigenvalue weighted by molar-refractivity contribution is 9.08. The van der Waals surface area contributed by atoms with E-state index >= 15 is 0 Å². The first-order valence-electron chi connectivity index (χ1n) is 5.52. The van der Waals surface area contributed by atoms with Gasteiger partial charge in [-0.1, -0.05) is 57.3 Å². The highest BCUT2D eigenvalue weighted by atomic mass is 79.9. The first-order valence-corrected chi connectivity index (χ1v) is 7.39. The SMILES string of the molecule is Fc1ccc(COc2c(Cl)cccc2CBr)c(Cl)c1. The molecule has 0 aliphatic carbocycles. The molecule has 5 heteroatoms. The summed E-state index contributed by atoms with van der Waals surface area (Å²) in [5.74, 6) is 0.245. The molecule has 19 heavy (non-hydrogen) atoms. The van der Waals surface area contributed by atoms with E-state index in [1.165, 1.54) is 12.1 Å². The van der Waals surface area contributed by atoms with E-state index in [-0.39, 0.29) is 12.4 Å². The van der Waals surface area contributed by atoms with Gasteiger partial charge >= 0.3 is 0 Å². The van der Waals surface area contributed by atoms with Crippen molar-refractivity contribution >= 4 is 39.1 Å². The third kappa shape index (κ3) is 3.62. The Hall–Kier alpha value is -0.770. The van der Waals surface area contributed by atoms with Crippen molar-refractivity contribution in [1.29, 1.82) is 0 Å². The predicted molar refractivity (Wildman–Crippen MR) is 79.8 cm³/mol. The molecule has 2 aromatic rings.